The number of carbonyl (C=O) groups is 1. The summed E-state index contributed by atoms with van der Waals surface area (Å²) in [5.74, 6) is -0.0882. The summed E-state index contributed by atoms with van der Waals surface area (Å²) in [6.07, 6.45) is 0. The minimum absolute atomic E-state index is 0.0882. The molecule has 2 rings (SSSR count). The van der Waals surface area contributed by atoms with E-state index in [0.717, 1.165) is 19.3 Å². The Morgan fingerprint density at radius 1 is 1.22 bits per heavy atom. The number of aryl methyl sites for hydroxylation is 1. The van der Waals surface area contributed by atoms with Gasteiger partial charge in [0.15, 0.2) is 0 Å². The van der Waals surface area contributed by atoms with Crippen LogP contribution in [0, 0.1) is 10.5 Å². The van der Waals surface area contributed by atoms with Gasteiger partial charge in [0.05, 0.1) is 0 Å². The van der Waals surface area contributed by atoms with Crippen LogP contribution in [0.5, 0.6) is 0 Å². The van der Waals surface area contributed by atoms with Crippen LogP contribution in [0.25, 0.3) is 0 Å². The molecule has 0 aromatic heterocycles. The number of hydrogen-bond acceptors (Lipinski definition) is 1. The Kier molecular flexibility index (Phi) is 4.40. The number of nitrogens with one attached hydrogen (secondary N) is 1. The largest absolute Gasteiger partial charge is 0.322 e. The van der Waals surface area contributed by atoms with Crippen molar-refractivity contribution in [3.63, 3.8) is 0 Å². The Labute approximate surface area is 128 Å². The van der Waals surface area contributed by atoms with E-state index in [-0.39, 0.29) is 5.91 Å². The van der Waals surface area contributed by atoms with Crippen molar-refractivity contribution < 1.29 is 4.79 Å². The summed E-state index contributed by atoms with van der Waals surface area (Å²) in [5.41, 5.74) is 2.53. The molecule has 1 N–H and O–H groups in total. The van der Waals surface area contributed by atoms with E-state index in [1.165, 1.54) is 0 Å². The molecule has 0 heterocycles. The van der Waals surface area contributed by atoms with Gasteiger partial charge < -0.3 is 5.32 Å². The molecule has 0 spiro atoms. The van der Waals surface area contributed by atoms with Crippen LogP contribution in [-0.2, 0) is 0 Å². The van der Waals surface area contributed by atoms with Crippen LogP contribution in [0.4, 0.5) is 5.69 Å². The molecule has 0 atom stereocenters. The third-order valence-corrected chi connectivity index (χ3v) is 3.70. The van der Waals surface area contributed by atoms with Crippen LogP contribution in [0.15, 0.2) is 46.9 Å². The smallest absolute Gasteiger partial charge is 0.255 e. The van der Waals surface area contributed by atoms with Crippen LogP contribution in [0.3, 0.4) is 0 Å². The molecule has 92 valence electrons. The normalized spacial score (nSPS) is 10.2. The van der Waals surface area contributed by atoms with Crippen molar-refractivity contribution in [2.75, 3.05) is 5.32 Å². The van der Waals surface area contributed by atoms with Gasteiger partial charge in [0.25, 0.3) is 5.91 Å². The van der Waals surface area contributed by atoms with Crippen molar-refractivity contribution in [1.82, 2.24) is 0 Å². The number of anilines is 1. The van der Waals surface area contributed by atoms with E-state index >= 15 is 0 Å². The molecule has 4 heteroatoms. The second-order valence-corrected chi connectivity index (χ2v) is 6.09. The molecule has 0 bridgehead atoms. The first kappa shape index (κ1) is 13.5. The average molecular weight is 416 g/mol. The molecule has 2 nitrogen and oxygen atoms in total. The molecule has 0 saturated heterocycles. The maximum atomic E-state index is 12.1. The van der Waals surface area contributed by atoms with E-state index in [9.17, 15) is 4.79 Å². The fourth-order valence-electron chi connectivity index (χ4n) is 1.55. The zero-order valence-corrected chi connectivity index (χ0v) is 13.4. The van der Waals surface area contributed by atoms with E-state index in [0.29, 0.717) is 5.56 Å². The quantitative estimate of drug-likeness (QED) is 0.712. The van der Waals surface area contributed by atoms with Crippen molar-refractivity contribution >= 4 is 50.1 Å². The SMILES string of the molecule is Cc1ccc(Br)cc1NC(=O)c1cccc(I)c1. The number of halogens is 2. The van der Waals surface area contributed by atoms with E-state index in [2.05, 4.69) is 43.8 Å². The number of benzene rings is 2. The molecular formula is C14H11BrINO. The highest BCUT2D eigenvalue weighted by Gasteiger charge is 2.08. The summed E-state index contributed by atoms with van der Waals surface area (Å²) in [7, 11) is 0. The molecule has 0 aliphatic rings. The summed E-state index contributed by atoms with van der Waals surface area (Å²) in [6.45, 7) is 1.97. The van der Waals surface area contributed by atoms with Crippen LogP contribution < -0.4 is 5.32 Å². The molecule has 0 radical (unpaired) electrons. The highest BCUT2D eigenvalue weighted by molar-refractivity contribution is 14.1. The van der Waals surface area contributed by atoms with E-state index < -0.39 is 0 Å². The lowest BCUT2D eigenvalue weighted by molar-refractivity contribution is 0.102. The molecule has 0 fully saturated rings. The zero-order chi connectivity index (χ0) is 13.1. The Balaban J connectivity index is 2.24. The summed E-state index contributed by atoms with van der Waals surface area (Å²) >= 11 is 5.60. The highest BCUT2D eigenvalue weighted by atomic mass is 127. The Morgan fingerprint density at radius 3 is 2.72 bits per heavy atom. The molecular weight excluding hydrogens is 405 g/mol. The molecule has 0 saturated carbocycles. The van der Waals surface area contributed by atoms with Gasteiger partial charge in [-0.25, -0.2) is 0 Å². The molecule has 0 aliphatic carbocycles. The lowest BCUT2D eigenvalue weighted by Gasteiger charge is -2.09. The maximum Gasteiger partial charge on any atom is 0.255 e. The number of amides is 1. The summed E-state index contributed by atoms with van der Waals surface area (Å²) < 4.78 is 2.00. The lowest BCUT2D eigenvalue weighted by Crippen LogP contribution is -2.12. The fraction of sp³-hybridized carbons (Fsp3) is 0.0714. The predicted molar refractivity (Wildman–Crippen MR) is 86.0 cm³/mol. The van der Waals surface area contributed by atoms with Gasteiger partial charge in [-0.2, -0.15) is 0 Å². The topological polar surface area (TPSA) is 29.1 Å². The fourth-order valence-corrected chi connectivity index (χ4v) is 2.46. The maximum absolute atomic E-state index is 12.1. The Hall–Kier alpha value is -0.880. The van der Waals surface area contributed by atoms with Crippen molar-refractivity contribution in [1.29, 1.82) is 0 Å². The monoisotopic (exact) mass is 415 g/mol. The minimum Gasteiger partial charge on any atom is -0.322 e. The van der Waals surface area contributed by atoms with Crippen LogP contribution in [-0.4, -0.2) is 5.91 Å². The van der Waals surface area contributed by atoms with Crippen LogP contribution >= 0.6 is 38.5 Å². The van der Waals surface area contributed by atoms with Gasteiger partial charge in [-0.1, -0.05) is 28.1 Å². The van der Waals surface area contributed by atoms with Gasteiger partial charge in [0, 0.05) is 19.3 Å². The Bertz CT molecular complexity index is 598. The Morgan fingerprint density at radius 2 is 2.00 bits per heavy atom. The highest BCUT2D eigenvalue weighted by Crippen LogP contribution is 2.21. The van der Waals surface area contributed by atoms with Crippen LogP contribution in [0.1, 0.15) is 15.9 Å². The first-order chi connectivity index (χ1) is 8.56. The number of hydrogen-bond donors (Lipinski definition) is 1. The standard InChI is InChI=1S/C14H11BrINO/c1-9-5-6-11(15)8-13(9)17-14(18)10-3-2-4-12(16)7-10/h2-8H,1H3,(H,17,18). The molecule has 1 amide bonds. The number of carbonyl (C=O) groups excluding carboxylic acids is 1. The van der Waals surface area contributed by atoms with Gasteiger partial charge in [-0.15, -0.1) is 0 Å². The first-order valence-corrected chi connectivity index (χ1v) is 7.26. The van der Waals surface area contributed by atoms with Gasteiger partial charge in [0.1, 0.15) is 0 Å². The lowest BCUT2D eigenvalue weighted by atomic mass is 10.1. The third kappa shape index (κ3) is 3.32. The van der Waals surface area contributed by atoms with Crippen molar-refractivity contribution in [3.8, 4) is 0 Å². The van der Waals surface area contributed by atoms with Gasteiger partial charge in [0.2, 0.25) is 0 Å². The van der Waals surface area contributed by atoms with Crippen LogP contribution in [0.2, 0.25) is 0 Å². The molecule has 0 aliphatic heterocycles. The number of rotatable bonds is 2. The first-order valence-electron chi connectivity index (χ1n) is 5.39. The second kappa shape index (κ2) is 5.84. The van der Waals surface area contributed by atoms with Crippen molar-refractivity contribution in [3.05, 3.63) is 61.6 Å². The van der Waals surface area contributed by atoms with Crippen molar-refractivity contribution in [2.24, 2.45) is 0 Å². The van der Waals surface area contributed by atoms with E-state index in [4.69, 9.17) is 0 Å². The second-order valence-electron chi connectivity index (χ2n) is 3.92. The molecule has 0 unspecified atom stereocenters. The summed E-state index contributed by atoms with van der Waals surface area (Å²) in [5, 5.41) is 2.92. The zero-order valence-electron chi connectivity index (χ0n) is 9.71. The minimum atomic E-state index is -0.0882. The third-order valence-electron chi connectivity index (χ3n) is 2.53. The van der Waals surface area contributed by atoms with E-state index in [1.807, 2.05) is 49.4 Å². The molecule has 18 heavy (non-hydrogen) atoms. The summed E-state index contributed by atoms with van der Waals surface area (Å²) in [4.78, 5) is 12.1. The van der Waals surface area contributed by atoms with Gasteiger partial charge in [-0.05, 0) is 65.4 Å². The molecule has 2 aromatic rings. The van der Waals surface area contributed by atoms with E-state index in [1.54, 1.807) is 0 Å². The summed E-state index contributed by atoms with van der Waals surface area (Å²) in [6, 6.07) is 13.3. The molecule has 2 aromatic carbocycles. The van der Waals surface area contributed by atoms with Gasteiger partial charge >= 0.3 is 0 Å². The van der Waals surface area contributed by atoms with Crippen molar-refractivity contribution in [2.45, 2.75) is 6.92 Å². The van der Waals surface area contributed by atoms with Gasteiger partial charge in [-0.3, -0.25) is 4.79 Å². The predicted octanol–water partition coefficient (Wildman–Crippen LogP) is 4.61. The average Bonchev–Trinajstić information content (AvgIpc) is 2.34.